The third kappa shape index (κ3) is 4.33. The molecule has 1 aromatic rings. The molecule has 1 aromatic carbocycles. The average molecular weight is 341 g/mol. The van der Waals surface area contributed by atoms with Gasteiger partial charge in [0.15, 0.2) is 0 Å². The number of halogens is 2. The topological polar surface area (TPSA) is 70.7 Å². The minimum absolute atomic E-state index is 0.0611. The number of nitrogens with one attached hydrogen (secondary N) is 2. The smallest absolute Gasteiger partial charge is 0.387 e. The first-order valence-corrected chi connectivity index (χ1v) is 7.82. The highest BCUT2D eigenvalue weighted by Crippen LogP contribution is 2.20. The molecule has 1 aliphatic rings. The van der Waals surface area contributed by atoms with Gasteiger partial charge < -0.3 is 20.3 Å². The van der Waals surface area contributed by atoms with E-state index in [0.717, 1.165) is 5.56 Å². The van der Waals surface area contributed by atoms with Crippen LogP contribution in [0.5, 0.6) is 5.75 Å². The molecule has 6 nitrogen and oxygen atoms in total. The van der Waals surface area contributed by atoms with Crippen LogP contribution in [-0.2, 0) is 4.79 Å². The number of piperazine rings is 1. The summed E-state index contributed by atoms with van der Waals surface area (Å²) in [6.07, 6.45) is 0.535. The molecule has 0 aliphatic carbocycles. The van der Waals surface area contributed by atoms with Gasteiger partial charge in [0.1, 0.15) is 11.8 Å². The van der Waals surface area contributed by atoms with E-state index in [1.165, 1.54) is 17.0 Å². The van der Waals surface area contributed by atoms with Crippen LogP contribution >= 0.6 is 0 Å². The number of nitrogens with zero attached hydrogens (tertiary/aromatic N) is 1. The average Bonchev–Trinajstić information content (AvgIpc) is 2.54. The molecule has 1 saturated heterocycles. The fourth-order valence-corrected chi connectivity index (χ4v) is 2.65. The predicted molar refractivity (Wildman–Crippen MR) is 83.8 cm³/mol. The van der Waals surface area contributed by atoms with E-state index >= 15 is 0 Å². The van der Waals surface area contributed by atoms with E-state index in [4.69, 9.17) is 0 Å². The van der Waals surface area contributed by atoms with E-state index in [-0.39, 0.29) is 23.7 Å². The Kier molecular flexibility index (Phi) is 5.94. The van der Waals surface area contributed by atoms with E-state index in [2.05, 4.69) is 15.4 Å². The zero-order valence-electron chi connectivity index (χ0n) is 13.6. The molecular formula is C16H21F2N3O3. The summed E-state index contributed by atoms with van der Waals surface area (Å²) in [4.78, 5) is 25.8. The summed E-state index contributed by atoms with van der Waals surface area (Å²) in [5.74, 6) is -0.0916. The van der Waals surface area contributed by atoms with Crippen LogP contribution < -0.4 is 15.4 Å². The standard InChI is InChI=1S/C16H21F2N3O3/c1-3-13-14(22)19-8-9-21(13)16(23)20-10(2)11-4-6-12(7-5-11)24-15(17)18/h4-7,10,13,15H,3,8-9H2,1-2H3,(H,19,22)(H,20,23)/t10-,13+/m0/s1. The number of hydrogen-bond acceptors (Lipinski definition) is 3. The molecule has 1 fully saturated rings. The molecule has 24 heavy (non-hydrogen) atoms. The summed E-state index contributed by atoms with van der Waals surface area (Å²) in [7, 11) is 0. The van der Waals surface area contributed by atoms with E-state index in [1.807, 2.05) is 6.92 Å². The molecule has 3 amide bonds. The number of hydrogen-bond donors (Lipinski definition) is 2. The lowest BCUT2D eigenvalue weighted by Crippen LogP contribution is -2.59. The molecule has 0 aromatic heterocycles. The molecule has 0 saturated carbocycles. The summed E-state index contributed by atoms with van der Waals surface area (Å²) >= 11 is 0. The monoisotopic (exact) mass is 341 g/mol. The molecule has 2 N–H and O–H groups in total. The van der Waals surface area contributed by atoms with Crippen molar-refractivity contribution < 1.29 is 23.1 Å². The van der Waals surface area contributed by atoms with Gasteiger partial charge in [-0.25, -0.2) is 4.79 Å². The fraction of sp³-hybridized carbons (Fsp3) is 0.500. The van der Waals surface area contributed by atoms with Gasteiger partial charge in [-0.05, 0) is 31.0 Å². The van der Waals surface area contributed by atoms with Crippen molar-refractivity contribution >= 4 is 11.9 Å². The number of benzene rings is 1. The number of carbonyl (C=O) groups is 2. The normalized spacial score (nSPS) is 19.0. The van der Waals surface area contributed by atoms with Gasteiger partial charge in [0, 0.05) is 13.1 Å². The van der Waals surface area contributed by atoms with Crippen LogP contribution in [0.2, 0.25) is 0 Å². The van der Waals surface area contributed by atoms with Crippen molar-refractivity contribution in [3.05, 3.63) is 29.8 Å². The Bertz CT molecular complexity index is 580. The van der Waals surface area contributed by atoms with E-state index < -0.39 is 12.7 Å². The van der Waals surface area contributed by atoms with Crippen LogP contribution in [0.1, 0.15) is 31.9 Å². The zero-order chi connectivity index (χ0) is 17.7. The molecule has 0 bridgehead atoms. The molecule has 2 rings (SSSR count). The lowest BCUT2D eigenvalue weighted by molar-refractivity contribution is -0.127. The number of rotatable bonds is 5. The van der Waals surface area contributed by atoms with Crippen LogP contribution in [0.3, 0.4) is 0 Å². The largest absolute Gasteiger partial charge is 0.435 e. The van der Waals surface area contributed by atoms with Gasteiger partial charge in [-0.1, -0.05) is 19.1 Å². The molecule has 1 aliphatic heterocycles. The van der Waals surface area contributed by atoms with Crippen LogP contribution in [0.15, 0.2) is 24.3 Å². The molecule has 0 spiro atoms. The minimum atomic E-state index is -2.87. The highest BCUT2D eigenvalue weighted by Gasteiger charge is 2.32. The number of amides is 3. The van der Waals surface area contributed by atoms with Gasteiger partial charge in [0.05, 0.1) is 6.04 Å². The Morgan fingerprint density at radius 3 is 2.67 bits per heavy atom. The van der Waals surface area contributed by atoms with Gasteiger partial charge in [-0.2, -0.15) is 8.78 Å². The van der Waals surface area contributed by atoms with Crippen LogP contribution in [-0.4, -0.2) is 42.6 Å². The maximum Gasteiger partial charge on any atom is 0.387 e. The Morgan fingerprint density at radius 2 is 2.08 bits per heavy atom. The van der Waals surface area contributed by atoms with Crippen molar-refractivity contribution in [2.75, 3.05) is 13.1 Å². The van der Waals surface area contributed by atoms with Crippen molar-refractivity contribution in [1.82, 2.24) is 15.5 Å². The first-order valence-electron chi connectivity index (χ1n) is 7.82. The van der Waals surface area contributed by atoms with E-state index in [1.54, 1.807) is 19.1 Å². The molecule has 132 valence electrons. The third-order valence-corrected chi connectivity index (χ3v) is 3.92. The highest BCUT2D eigenvalue weighted by molar-refractivity contribution is 5.88. The van der Waals surface area contributed by atoms with Crippen LogP contribution in [0.4, 0.5) is 13.6 Å². The second kappa shape index (κ2) is 7.94. The maximum atomic E-state index is 12.4. The van der Waals surface area contributed by atoms with Crippen molar-refractivity contribution in [2.24, 2.45) is 0 Å². The Balaban J connectivity index is 1.99. The lowest BCUT2D eigenvalue weighted by atomic mass is 10.1. The van der Waals surface area contributed by atoms with Gasteiger partial charge in [-0.15, -0.1) is 0 Å². The fourth-order valence-electron chi connectivity index (χ4n) is 2.65. The van der Waals surface area contributed by atoms with Crippen LogP contribution in [0.25, 0.3) is 0 Å². The Morgan fingerprint density at radius 1 is 1.42 bits per heavy atom. The number of carbonyl (C=O) groups excluding carboxylic acids is 2. The van der Waals surface area contributed by atoms with Gasteiger partial charge in [0.25, 0.3) is 0 Å². The maximum absolute atomic E-state index is 12.4. The van der Waals surface area contributed by atoms with Gasteiger partial charge in [0.2, 0.25) is 5.91 Å². The first kappa shape index (κ1) is 18.0. The lowest BCUT2D eigenvalue weighted by Gasteiger charge is -2.35. The third-order valence-electron chi connectivity index (χ3n) is 3.92. The summed E-state index contributed by atoms with van der Waals surface area (Å²) in [5, 5.41) is 5.57. The van der Waals surface area contributed by atoms with Crippen molar-refractivity contribution in [3.63, 3.8) is 0 Å². The molecule has 0 radical (unpaired) electrons. The summed E-state index contributed by atoms with van der Waals surface area (Å²) in [6.45, 7) is 1.64. The summed E-state index contributed by atoms with van der Waals surface area (Å²) in [5.41, 5.74) is 0.750. The molecule has 1 heterocycles. The minimum Gasteiger partial charge on any atom is -0.435 e. The molecular weight excluding hydrogens is 320 g/mol. The molecule has 8 heteroatoms. The molecule has 0 unspecified atom stereocenters. The number of urea groups is 1. The number of ether oxygens (including phenoxy) is 1. The first-order chi connectivity index (χ1) is 11.4. The Labute approximate surface area is 139 Å². The van der Waals surface area contributed by atoms with Crippen molar-refractivity contribution in [2.45, 2.75) is 39.0 Å². The van der Waals surface area contributed by atoms with Crippen molar-refractivity contribution in [3.8, 4) is 5.75 Å². The quantitative estimate of drug-likeness (QED) is 0.863. The second-order valence-electron chi connectivity index (χ2n) is 5.53. The molecule has 2 atom stereocenters. The van der Waals surface area contributed by atoms with Crippen molar-refractivity contribution in [1.29, 1.82) is 0 Å². The summed E-state index contributed by atoms with van der Waals surface area (Å²) in [6, 6.07) is 4.94. The SMILES string of the molecule is CC[C@@H]1C(=O)NCCN1C(=O)N[C@@H](C)c1ccc(OC(F)F)cc1. The highest BCUT2D eigenvalue weighted by atomic mass is 19.3. The van der Waals surface area contributed by atoms with Gasteiger partial charge in [-0.3, -0.25) is 4.79 Å². The second-order valence-corrected chi connectivity index (χ2v) is 5.53. The van der Waals surface area contributed by atoms with Crippen LogP contribution in [0, 0.1) is 0 Å². The van der Waals surface area contributed by atoms with E-state index in [0.29, 0.717) is 19.5 Å². The number of alkyl halides is 2. The van der Waals surface area contributed by atoms with E-state index in [9.17, 15) is 18.4 Å². The predicted octanol–water partition coefficient (Wildman–Crippen LogP) is 2.27. The van der Waals surface area contributed by atoms with Gasteiger partial charge >= 0.3 is 12.6 Å². The Hall–Kier alpha value is -2.38. The zero-order valence-corrected chi connectivity index (χ0v) is 13.6. The summed E-state index contributed by atoms with van der Waals surface area (Å²) < 4.78 is 28.6.